The van der Waals surface area contributed by atoms with Crippen LogP contribution in [-0.2, 0) is 11.3 Å². The van der Waals surface area contributed by atoms with Crippen LogP contribution in [0.25, 0.3) is 0 Å². The molecule has 0 saturated heterocycles. The number of hydrogen-bond donors (Lipinski definition) is 1. The maximum Gasteiger partial charge on any atom is 0.262 e. The molecular weight excluding hydrogens is 304 g/mol. The number of nitrogens with zero attached hydrogens (tertiary/aromatic N) is 1. The molecule has 0 spiro atoms. The summed E-state index contributed by atoms with van der Waals surface area (Å²) in [5.41, 5.74) is 1.13. The van der Waals surface area contributed by atoms with E-state index in [0.717, 1.165) is 12.1 Å². The van der Waals surface area contributed by atoms with Gasteiger partial charge in [0.1, 0.15) is 0 Å². The Labute approximate surface area is 146 Å². The number of carbonyl (C=O) groups is 1. The van der Waals surface area contributed by atoms with E-state index in [1.165, 1.54) is 4.90 Å². The molecule has 5 heteroatoms. The van der Waals surface area contributed by atoms with Gasteiger partial charge in [0.15, 0.2) is 17.6 Å². The fraction of sp³-hybridized carbons (Fsp3) is 0.632. The Morgan fingerprint density at radius 2 is 1.83 bits per heavy atom. The average Bonchev–Trinajstić information content (AvgIpc) is 2.53. The third-order valence-corrected chi connectivity index (χ3v) is 4.03. The first kappa shape index (κ1) is 20.3. The summed E-state index contributed by atoms with van der Waals surface area (Å²) in [6.45, 7) is 11.6. The molecule has 0 heterocycles. The summed E-state index contributed by atoms with van der Waals surface area (Å²) in [5, 5.41) is 3.50. The predicted molar refractivity (Wildman–Crippen MR) is 97.5 cm³/mol. The van der Waals surface area contributed by atoms with Crippen LogP contribution in [0.15, 0.2) is 18.2 Å². The summed E-state index contributed by atoms with van der Waals surface area (Å²) < 4.78 is 11.5. The van der Waals surface area contributed by atoms with Crippen LogP contribution >= 0.6 is 0 Å². The number of amides is 1. The number of benzene rings is 1. The van der Waals surface area contributed by atoms with Crippen molar-refractivity contribution in [1.82, 2.24) is 10.2 Å². The topological polar surface area (TPSA) is 50.8 Å². The molecule has 5 nitrogen and oxygen atoms in total. The molecule has 0 radical (unpaired) electrons. The summed E-state index contributed by atoms with van der Waals surface area (Å²) in [5.74, 6) is 1.78. The summed E-state index contributed by atoms with van der Waals surface area (Å²) in [4.78, 5) is 13.5. The molecule has 2 unspecified atom stereocenters. The van der Waals surface area contributed by atoms with Gasteiger partial charge in [-0.1, -0.05) is 19.9 Å². The highest BCUT2D eigenvalue weighted by Crippen LogP contribution is 2.29. The van der Waals surface area contributed by atoms with E-state index in [0.29, 0.717) is 30.1 Å². The van der Waals surface area contributed by atoms with Crippen LogP contribution in [-0.4, -0.2) is 43.7 Å². The van der Waals surface area contributed by atoms with E-state index in [-0.39, 0.29) is 5.91 Å². The molecule has 2 atom stereocenters. The van der Waals surface area contributed by atoms with Gasteiger partial charge in [-0.15, -0.1) is 0 Å². The van der Waals surface area contributed by atoms with Crippen molar-refractivity contribution in [1.29, 1.82) is 0 Å². The summed E-state index contributed by atoms with van der Waals surface area (Å²) in [6, 6.07) is 6.30. The van der Waals surface area contributed by atoms with E-state index in [1.807, 2.05) is 25.1 Å². The largest absolute Gasteiger partial charge is 0.490 e. The minimum Gasteiger partial charge on any atom is -0.490 e. The van der Waals surface area contributed by atoms with Crippen molar-refractivity contribution in [2.75, 3.05) is 20.7 Å². The Balaban J connectivity index is 2.85. The summed E-state index contributed by atoms with van der Waals surface area (Å²) >= 11 is 0. The fourth-order valence-electron chi connectivity index (χ4n) is 2.15. The Morgan fingerprint density at radius 1 is 1.17 bits per heavy atom. The van der Waals surface area contributed by atoms with Gasteiger partial charge >= 0.3 is 0 Å². The zero-order chi connectivity index (χ0) is 18.3. The van der Waals surface area contributed by atoms with Gasteiger partial charge in [0.2, 0.25) is 0 Å². The zero-order valence-corrected chi connectivity index (χ0v) is 16.1. The number of rotatable bonds is 9. The van der Waals surface area contributed by atoms with Gasteiger partial charge in [0.25, 0.3) is 5.91 Å². The van der Waals surface area contributed by atoms with Gasteiger partial charge in [0, 0.05) is 26.7 Å². The predicted octanol–water partition coefficient (Wildman–Crippen LogP) is 3.07. The lowest BCUT2D eigenvalue weighted by Crippen LogP contribution is -2.35. The van der Waals surface area contributed by atoms with Crippen molar-refractivity contribution in [2.45, 2.75) is 53.3 Å². The van der Waals surface area contributed by atoms with Gasteiger partial charge in [-0.05, 0) is 44.4 Å². The molecule has 0 aliphatic carbocycles. The Morgan fingerprint density at radius 3 is 2.38 bits per heavy atom. The lowest BCUT2D eigenvalue weighted by atomic mass is 10.1. The van der Waals surface area contributed by atoms with Crippen LogP contribution < -0.4 is 14.8 Å². The highest BCUT2D eigenvalue weighted by molar-refractivity contribution is 5.80. The molecule has 0 aromatic heterocycles. The number of nitrogens with one attached hydrogen (secondary N) is 1. The SMILES string of the molecule is CCOc1cc(CNC(C)C(C)C)ccc1OC(C)C(=O)N(C)C. The summed E-state index contributed by atoms with van der Waals surface area (Å²) in [6.07, 6.45) is -0.552. The van der Waals surface area contributed by atoms with Crippen LogP contribution in [0.5, 0.6) is 11.5 Å². The van der Waals surface area contributed by atoms with Crippen molar-refractivity contribution >= 4 is 5.91 Å². The number of hydrogen-bond acceptors (Lipinski definition) is 4. The van der Waals surface area contributed by atoms with Crippen LogP contribution in [0.2, 0.25) is 0 Å². The van der Waals surface area contributed by atoms with Crippen molar-refractivity contribution in [3.63, 3.8) is 0 Å². The van der Waals surface area contributed by atoms with Gasteiger partial charge in [-0.3, -0.25) is 4.79 Å². The third kappa shape index (κ3) is 6.04. The zero-order valence-electron chi connectivity index (χ0n) is 16.1. The van der Waals surface area contributed by atoms with Crippen molar-refractivity contribution in [3.8, 4) is 11.5 Å². The van der Waals surface area contributed by atoms with E-state index < -0.39 is 6.10 Å². The molecule has 0 fully saturated rings. The Bertz CT molecular complexity index is 529. The highest BCUT2D eigenvalue weighted by Gasteiger charge is 2.19. The molecule has 0 saturated carbocycles. The van der Waals surface area contributed by atoms with Gasteiger partial charge in [0.05, 0.1) is 6.61 Å². The minimum atomic E-state index is -0.552. The second-order valence-electron chi connectivity index (χ2n) is 6.62. The maximum atomic E-state index is 12.0. The number of carbonyl (C=O) groups excluding carboxylic acids is 1. The monoisotopic (exact) mass is 336 g/mol. The molecule has 136 valence electrons. The second-order valence-corrected chi connectivity index (χ2v) is 6.62. The second kappa shape index (κ2) is 9.52. The van der Waals surface area contributed by atoms with Crippen molar-refractivity contribution in [3.05, 3.63) is 23.8 Å². The van der Waals surface area contributed by atoms with Crippen LogP contribution in [0.4, 0.5) is 0 Å². The first-order valence-corrected chi connectivity index (χ1v) is 8.63. The van der Waals surface area contributed by atoms with E-state index in [2.05, 4.69) is 26.1 Å². The average molecular weight is 336 g/mol. The molecule has 1 N–H and O–H groups in total. The highest BCUT2D eigenvalue weighted by atomic mass is 16.5. The molecular formula is C19H32N2O3. The van der Waals surface area contributed by atoms with Crippen LogP contribution in [0.1, 0.15) is 40.2 Å². The normalized spacial score (nSPS) is 13.5. The van der Waals surface area contributed by atoms with E-state index in [9.17, 15) is 4.79 Å². The van der Waals surface area contributed by atoms with Crippen molar-refractivity contribution < 1.29 is 14.3 Å². The van der Waals surface area contributed by atoms with Gasteiger partial charge < -0.3 is 19.7 Å². The molecule has 24 heavy (non-hydrogen) atoms. The lowest BCUT2D eigenvalue weighted by molar-refractivity contribution is -0.135. The summed E-state index contributed by atoms with van der Waals surface area (Å²) in [7, 11) is 3.44. The van der Waals surface area contributed by atoms with Gasteiger partial charge in [-0.2, -0.15) is 0 Å². The maximum absolute atomic E-state index is 12.0. The molecule has 1 rings (SSSR count). The fourth-order valence-corrected chi connectivity index (χ4v) is 2.15. The molecule has 0 aliphatic heterocycles. The standard InChI is InChI=1S/C19H32N2O3/c1-8-23-18-11-16(12-20-14(4)13(2)3)9-10-17(18)24-15(5)19(22)21(6)7/h9-11,13-15,20H,8,12H2,1-7H3. The van der Waals surface area contributed by atoms with E-state index in [1.54, 1.807) is 21.0 Å². The molecule has 1 aromatic carbocycles. The molecule has 0 aliphatic rings. The molecule has 0 bridgehead atoms. The van der Waals surface area contributed by atoms with Crippen LogP contribution in [0.3, 0.4) is 0 Å². The third-order valence-electron chi connectivity index (χ3n) is 4.03. The first-order chi connectivity index (χ1) is 11.3. The minimum absolute atomic E-state index is 0.0750. The lowest BCUT2D eigenvalue weighted by Gasteiger charge is -2.21. The number of likely N-dealkylation sites (N-methyl/N-ethyl adjacent to an activating group) is 1. The van der Waals surface area contributed by atoms with Crippen LogP contribution in [0, 0.1) is 5.92 Å². The van der Waals surface area contributed by atoms with E-state index in [4.69, 9.17) is 9.47 Å². The first-order valence-electron chi connectivity index (χ1n) is 8.63. The Kier molecular flexibility index (Phi) is 8.05. The quantitative estimate of drug-likeness (QED) is 0.753. The smallest absolute Gasteiger partial charge is 0.262 e. The van der Waals surface area contributed by atoms with Crippen molar-refractivity contribution in [2.24, 2.45) is 5.92 Å². The van der Waals surface area contributed by atoms with E-state index >= 15 is 0 Å². The number of ether oxygens (including phenoxy) is 2. The molecule has 1 aromatic rings. The van der Waals surface area contributed by atoms with Gasteiger partial charge in [-0.25, -0.2) is 0 Å². The molecule has 1 amide bonds. The Hall–Kier alpha value is -1.75.